The van der Waals surface area contributed by atoms with Crippen molar-refractivity contribution in [2.45, 2.75) is 18.9 Å². The Morgan fingerprint density at radius 2 is 1.95 bits per heavy atom. The first-order valence-electron chi connectivity index (χ1n) is 6.98. The molecule has 2 aromatic carbocycles. The summed E-state index contributed by atoms with van der Waals surface area (Å²) in [6.45, 7) is 2.71. The lowest BCUT2D eigenvalue weighted by molar-refractivity contribution is 0.499. The van der Waals surface area contributed by atoms with Crippen LogP contribution in [0.1, 0.15) is 12.5 Å². The molecule has 21 heavy (non-hydrogen) atoms. The monoisotopic (exact) mass is 283 g/mol. The predicted octanol–water partition coefficient (Wildman–Crippen LogP) is 2.96. The van der Waals surface area contributed by atoms with Gasteiger partial charge < -0.3 is 10.6 Å². The Kier molecular flexibility index (Phi) is 3.37. The van der Waals surface area contributed by atoms with Crippen LogP contribution in [-0.2, 0) is 6.42 Å². The fourth-order valence-corrected chi connectivity index (χ4v) is 2.90. The topological polar surface area (TPSA) is 41.6 Å². The first-order chi connectivity index (χ1) is 10.1. The van der Waals surface area contributed by atoms with Gasteiger partial charge in [0.15, 0.2) is 5.96 Å². The van der Waals surface area contributed by atoms with Crippen LogP contribution < -0.4 is 10.6 Å². The van der Waals surface area contributed by atoms with E-state index in [1.54, 1.807) is 6.07 Å². The third-order valence-corrected chi connectivity index (χ3v) is 3.84. The zero-order valence-corrected chi connectivity index (χ0v) is 12.0. The minimum absolute atomic E-state index is 0.269. The molecule has 0 radical (unpaired) electrons. The highest BCUT2D eigenvalue weighted by Crippen LogP contribution is 2.31. The normalized spacial score (nSPS) is 21.4. The summed E-state index contributed by atoms with van der Waals surface area (Å²) < 4.78 is 13.5. The number of halogens is 1. The lowest BCUT2D eigenvalue weighted by atomic mass is 9.91. The van der Waals surface area contributed by atoms with Gasteiger partial charge in [0.05, 0.1) is 12.1 Å². The maximum absolute atomic E-state index is 13.5. The van der Waals surface area contributed by atoms with E-state index >= 15 is 0 Å². The largest absolute Gasteiger partial charge is 0.369 e. The summed E-state index contributed by atoms with van der Waals surface area (Å²) in [4.78, 5) is 6.30. The molecular weight excluding hydrogens is 265 g/mol. The lowest BCUT2D eigenvalue weighted by Gasteiger charge is -2.36. The molecule has 4 heteroatoms. The second-order valence-electron chi connectivity index (χ2n) is 5.65. The van der Waals surface area contributed by atoms with E-state index in [0.717, 1.165) is 12.1 Å². The molecule has 3 nitrogen and oxygen atoms in total. The Morgan fingerprint density at radius 1 is 1.19 bits per heavy atom. The van der Waals surface area contributed by atoms with Gasteiger partial charge in [-0.25, -0.2) is 4.39 Å². The number of guanidine groups is 1. The first-order valence-corrected chi connectivity index (χ1v) is 6.98. The molecule has 3 rings (SSSR count). The average molecular weight is 283 g/mol. The van der Waals surface area contributed by atoms with E-state index in [1.165, 1.54) is 17.7 Å². The lowest BCUT2D eigenvalue weighted by Crippen LogP contribution is -2.51. The highest BCUT2D eigenvalue weighted by Gasteiger charge is 2.39. The second kappa shape index (κ2) is 5.20. The number of nitrogens with two attached hydrogens (primary N) is 1. The van der Waals surface area contributed by atoms with Crippen LogP contribution in [0.5, 0.6) is 0 Å². The summed E-state index contributed by atoms with van der Waals surface area (Å²) in [5.41, 5.74) is 7.72. The molecule has 1 aliphatic rings. The molecule has 0 saturated carbocycles. The highest BCUT2D eigenvalue weighted by atomic mass is 19.1. The zero-order valence-electron chi connectivity index (χ0n) is 12.0. The molecule has 1 aliphatic heterocycles. The summed E-state index contributed by atoms with van der Waals surface area (Å²) >= 11 is 0. The molecule has 0 bridgehead atoms. The third kappa shape index (κ3) is 2.61. The minimum Gasteiger partial charge on any atom is -0.369 e. The Labute approximate surface area is 123 Å². The summed E-state index contributed by atoms with van der Waals surface area (Å²) in [7, 11) is 0. The molecule has 0 fully saturated rings. The molecule has 0 aliphatic carbocycles. The number of nitrogens with zero attached hydrogens (tertiary/aromatic N) is 2. The van der Waals surface area contributed by atoms with Gasteiger partial charge in [-0.3, -0.25) is 4.99 Å². The molecule has 1 heterocycles. The number of rotatable bonds is 3. The van der Waals surface area contributed by atoms with Gasteiger partial charge in [0, 0.05) is 5.69 Å². The van der Waals surface area contributed by atoms with Crippen LogP contribution in [0.25, 0.3) is 0 Å². The van der Waals surface area contributed by atoms with Crippen molar-refractivity contribution in [1.29, 1.82) is 0 Å². The molecule has 0 spiro atoms. The molecule has 0 aromatic heterocycles. The van der Waals surface area contributed by atoms with E-state index in [-0.39, 0.29) is 11.4 Å². The van der Waals surface area contributed by atoms with Crippen molar-refractivity contribution in [2.75, 3.05) is 11.4 Å². The van der Waals surface area contributed by atoms with E-state index in [2.05, 4.69) is 24.0 Å². The van der Waals surface area contributed by atoms with Gasteiger partial charge in [-0.15, -0.1) is 0 Å². The van der Waals surface area contributed by atoms with Gasteiger partial charge in [-0.1, -0.05) is 36.4 Å². The fourth-order valence-electron chi connectivity index (χ4n) is 2.90. The van der Waals surface area contributed by atoms with Gasteiger partial charge in [0.1, 0.15) is 5.82 Å². The number of benzene rings is 2. The van der Waals surface area contributed by atoms with Gasteiger partial charge in [0.2, 0.25) is 0 Å². The Morgan fingerprint density at radius 3 is 2.67 bits per heavy atom. The van der Waals surface area contributed by atoms with E-state index in [1.807, 2.05) is 29.2 Å². The summed E-state index contributed by atoms with van der Waals surface area (Å²) in [6.07, 6.45) is 0.800. The quantitative estimate of drug-likeness (QED) is 0.941. The van der Waals surface area contributed by atoms with E-state index < -0.39 is 0 Å². The molecule has 108 valence electrons. The van der Waals surface area contributed by atoms with Crippen molar-refractivity contribution in [3.8, 4) is 0 Å². The van der Waals surface area contributed by atoms with Crippen molar-refractivity contribution in [3.05, 3.63) is 66.0 Å². The predicted molar refractivity (Wildman–Crippen MR) is 83.9 cm³/mol. The Bertz CT molecular complexity index is 669. The number of hydrogen-bond acceptors (Lipinski definition) is 3. The van der Waals surface area contributed by atoms with Crippen molar-refractivity contribution in [3.63, 3.8) is 0 Å². The second-order valence-corrected chi connectivity index (χ2v) is 5.65. The van der Waals surface area contributed by atoms with Crippen LogP contribution in [0.3, 0.4) is 0 Å². The van der Waals surface area contributed by atoms with Crippen molar-refractivity contribution >= 4 is 11.6 Å². The molecule has 0 saturated heterocycles. The summed E-state index contributed by atoms with van der Waals surface area (Å²) in [6, 6.07) is 16.7. The zero-order chi connectivity index (χ0) is 14.9. The molecule has 1 atom stereocenters. The van der Waals surface area contributed by atoms with Crippen LogP contribution in [-0.4, -0.2) is 18.0 Å². The fraction of sp³-hybridized carbons (Fsp3) is 0.235. The van der Waals surface area contributed by atoms with Crippen LogP contribution in [0.2, 0.25) is 0 Å². The first kappa shape index (κ1) is 13.6. The molecule has 0 amide bonds. The molecular formula is C17H18FN3. The Hall–Kier alpha value is -2.36. The van der Waals surface area contributed by atoms with Crippen LogP contribution >= 0.6 is 0 Å². The molecule has 2 aromatic rings. The Balaban J connectivity index is 1.94. The summed E-state index contributed by atoms with van der Waals surface area (Å²) in [5, 5.41) is 0. The van der Waals surface area contributed by atoms with Crippen LogP contribution in [0, 0.1) is 5.82 Å². The maximum Gasteiger partial charge on any atom is 0.196 e. The van der Waals surface area contributed by atoms with Gasteiger partial charge in [0.25, 0.3) is 0 Å². The van der Waals surface area contributed by atoms with Gasteiger partial charge in [-0.05, 0) is 37.1 Å². The van der Waals surface area contributed by atoms with Crippen molar-refractivity contribution < 1.29 is 4.39 Å². The standard InChI is InChI=1S/C17H18FN3/c1-17(11-13-6-3-2-4-7-13)12-20-16(19)21(17)15-9-5-8-14(18)10-15/h2-10H,11-12H2,1H3,(H2,19,20). The average Bonchev–Trinajstić information content (AvgIpc) is 2.75. The van der Waals surface area contributed by atoms with E-state index in [4.69, 9.17) is 5.73 Å². The third-order valence-electron chi connectivity index (χ3n) is 3.84. The number of aliphatic imine (C=N–C) groups is 1. The smallest absolute Gasteiger partial charge is 0.196 e. The maximum atomic E-state index is 13.5. The van der Waals surface area contributed by atoms with Gasteiger partial charge >= 0.3 is 0 Å². The van der Waals surface area contributed by atoms with E-state index in [0.29, 0.717) is 12.5 Å². The minimum atomic E-state index is -0.279. The van der Waals surface area contributed by atoms with Gasteiger partial charge in [-0.2, -0.15) is 0 Å². The molecule has 1 unspecified atom stereocenters. The highest BCUT2D eigenvalue weighted by molar-refractivity contribution is 5.98. The van der Waals surface area contributed by atoms with E-state index in [9.17, 15) is 4.39 Å². The number of hydrogen-bond donors (Lipinski definition) is 1. The summed E-state index contributed by atoms with van der Waals surface area (Å²) in [5.74, 6) is 0.174. The SMILES string of the molecule is CC1(Cc2ccccc2)CN=C(N)N1c1cccc(F)c1. The number of anilines is 1. The van der Waals surface area contributed by atoms with Crippen molar-refractivity contribution in [1.82, 2.24) is 0 Å². The van der Waals surface area contributed by atoms with Crippen LogP contribution in [0.4, 0.5) is 10.1 Å². The molecule has 2 N–H and O–H groups in total. The van der Waals surface area contributed by atoms with Crippen LogP contribution in [0.15, 0.2) is 59.6 Å². The van der Waals surface area contributed by atoms with Crippen molar-refractivity contribution in [2.24, 2.45) is 10.7 Å².